The zero-order valence-electron chi connectivity index (χ0n) is 18.5. The second-order valence-corrected chi connectivity index (χ2v) is 10.8. The maximum Gasteiger partial charge on any atom is -0.0553 e. The molecule has 3 saturated carbocycles. The summed E-state index contributed by atoms with van der Waals surface area (Å²) in [5, 5.41) is 5.75. The predicted octanol–water partition coefficient (Wildman–Crippen LogP) is 2.16. The molecule has 0 nitrogen and oxygen atoms in total. The first-order chi connectivity index (χ1) is 14.8. The molecule has 0 aliphatic heterocycles. The van der Waals surface area contributed by atoms with Crippen LogP contribution in [-0.4, -0.2) is 3.21 Å². The largest absolute Gasteiger partial charge is 0.150 e. The molecule has 3 fully saturated rings. The van der Waals surface area contributed by atoms with Crippen molar-refractivity contribution >= 4 is 24.8 Å². The summed E-state index contributed by atoms with van der Waals surface area (Å²) in [7, 11) is 0. The molecule has 0 amide bonds. The fraction of sp³-hybridized carbons (Fsp3) is 0.345. The van der Waals surface area contributed by atoms with Gasteiger partial charge in [0.05, 0.1) is 0 Å². The molecule has 0 aromatic heterocycles. The van der Waals surface area contributed by atoms with Crippen molar-refractivity contribution in [2.75, 3.05) is 0 Å². The third-order valence-electron chi connectivity index (χ3n) is 6.67. The van der Waals surface area contributed by atoms with Crippen molar-refractivity contribution in [1.29, 1.82) is 0 Å². The van der Waals surface area contributed by atoms with Crippen LogP contribution in [0.25, 0.3) is 21.5 Å². The van der Waals surface area contributed by atoms with E-state index in [0.29, 0.717) is 0 Å². The van der Waals surface area contributed by atoms with E-state index in [1.54, 1.807) is 38.6 Å². The molecule has 7 rings (SSSR count). The van der Waals surface area contributed by atoms with Gasteiger partial charge in [-0.3, -0.25) is 0 Å². The summed E-state index contributed by atoms with van der Waals surface area (Å²) in [6.45, 7) is 0. The summed E-state index contributed by atoms with van der Waals surface area (Å²) >= 11 is 1.68. The Bertz CT molecular complexity index is 1050. The van der Waals surface area contributed by atoms with E-state index in [0.717, 1.165) is 11.8 Å². The Morgan fingerprint density at radius 2 is 1.03 bits per heavy atom. The van der Waals surface area contributed by atoms with Gasteiger partial charge in [0.1, 0.15) is 0 Å². The van der Waals surface area contributed by atoms with E-state index in [2.05, 4.69) is 72.8 Å². The smallest absolute Gasteiger partial charge is 0.0553 e. The van der Waals surface area contributed by atoms with Crippen molar-refractivity contribution in [2.24, 2.45) is 0 Å². The summed E-state index contributed by atoms with van der Waals surface area (Å²) < 4.78 is 1.79. The zero-order valence-corrected chi connectivity index (χ0v) is 22.5. The number of benzene rings is 2. The fourth-order valence-electron chi connectivity index (χ4n) is 4.65. The average Bonchev–Trinajstić information content (AvgIpc) is 3.68. The Balaban J connectivity index is 0.000000139. The van der Waals surface area contributed by atoms with Gasteiger partial charge >= 0.3 is 53.1 Å². The molecule has 0 N–H and O–H groups in total. The summed E-state index contributed by atoms with van der Waals surface area (Å²) in [6, 6.07) is 26.4. The topological polar surface area (TPSA) is 0 Å². The van der Waals surface area contributed by atoms with Gasteiger partial charge in [-0.2, -0.15) is 11.1 Å². The summed E-state index contributed by atoms with van der Waals surface area (Å²) in [6.07, 6.45) is 11.4. The van der Waals surface area contributed by atoms with Crippen LogP contribution in [0.3, 0.4) is 0 Å². The molecule has 0 atom stereocenters. The molecule has 0 unspecified atom stereocenters. The Morgan fingerprint density at radius 1 is 0.625 bits per heavy atom. The zero-order chi connectivity index (χ0) is 20.3. The van der Waals surface area contributed by atoms with Crippen molar-refractivity contribution in [2.45, 2.75) is 63.2 Å². The van der Waals surface area contributed by atoms with Gasteiger partial charge in [0, 0.05) is 0 Å². The summed E-state index contributed by atoms with van der Waals surface area (Å²) in [5.41, 5.74) is 3.15. The number of hydrogen-bond acceptors (Lipinski definition) is 0. The van der Waals surface area contributed by atoms with E-state index in [1.165, 1.54) is 72.9 Å². The molecule has 32 heavy (non-hydrogen) atoms. The molecule has 0 spiro atoms. The molecule has 3 aliphatic carbocycles. The van der Waals surface area contributed by atoms with Crippen molar-refractivity contribution in [3.05, 3.63) is 83.9 Å². The van der Waals surface area contributed by atoms with Gasteiger partial charge in [0.15, 0.2) is 0 Å². The van der Waals surface area contributed by atoms with Crippen LogP contribution in [0.1, 0.15) is 74.3 Å². The Morgan fingerprint density at radius 3 is 1.38 bits per heavy atom. The van der Waals surface area contributed by atoms with E-state index < -0.39 is 0 Å². The monoisotopic (exact) mass is 538 g/mol. The Hall–Kier alpha value is -1.01. The van der Waals surface area contributed by atoms with E-state index >= 15 is 0 Å². The third kappa shape index (κ3) is 6.31. The first-order valence-corrected chi connectivity index (χ1v) is 12.9. The maximum absolute atomic E-state index is 2.29. The molecule has 3 heteroatoms. The van der Waals surface area contributed by atoms with E-state index in [9.17, 15) is 0 Å². The fourth-order valence-corrected chi connectivity index (χ4v) is 5.52. The number of rotatable bonds is 2. The van der Waals surface area contributed by atoms with Crippen LogP contribution in [0.15, 0.2) is 72.8 Å². The first kappa shape index (κ1) is 25.6. The molecule has 0 radical (unpaired) electrons. The van der Waals surface area contributed by atoms with E-state index in [-0.39, 0.29) is 24.8 Å². The number of halogens is 2. The standard InChI is InChI=1S/2C12H11.C5H8.2ClH.Zr/c2*1-2-4-11-9(3-1)7-8-12(11)10-5-6-10;1-2-4-5-3-1;;;/h2*1-4,7-8,10H,5-6H2;1-4H2;2*1H;/q2*-1;;;;+2/p-2. The second-order valence-electron chi connectivity index (χ2n) is 9.11. The average molecular weight is 541 g/mol. The van der Waals surface area contributed by atoms with Gasteiger partial charge in [0.2, 0.25) is 0 Å². The van der Waals surface area contributed by atoms with Gasteiger partial charge in [0.25, 0.3) is 0 Å². The number of fused-ring (bicyclic) bond motifs is 2. The molecule has 4 aromatic rings. The molecule has 3 aliphatic rings. The van der Waals surface area contributed by atoms with Gasteiger partial charge in [-0.25, -0.2) is 0 Å². The first-order valence-electron chi connectivity index (χ1n) is 11.6. The van der Waals surface area contributed by atoms with Gasteiger partial charge in [-0.15, -0.1) is 82.2 Å². The molecular formula is C29H30Cl2Zr-2. The van der Waals surface area contributed by atoms with Crippen LogP contribution >= 0.6 is 0 Å². The van der Waals surface area contributed by atoms with E-state index in [4.69, 9.17) is 0 Å². The minimum Gasteiger partial charge on any atom is -0.150 e. The molecule has 0 saturated heterocycles. The Labute approximate surface area is 219 Å². The molecule has 0 heterocycles. The van der Waals surface area contributed by atoms with Crippen molar-refractivity contribution in [3.8, 4) is 0 Å². The quantitative estimate of drug-likeness (QED) is 0.342. The van der Waals surface area contributed by atoms with Gasteiger partial charge in [-0.1, -0.05) is 49.7 Å². The van der Waals surface area contributed by atoms with Crippen LogP contribution in [0, 0.1) is 0 Å². The van der Waals surface area contributed by atoms with E-state index in [1.807, 2.05) is 0 Å². The van der Waals surface area contributed by atoms with Gasteiger partial charge in [-0.05, 0) is 0 Å². The summed E-state index contributed by atoms with van der Waals surface area (Å²) in [4.78, 5) is 0. The normalized spacial score (nSPS) is 17.0. The predicted molar refractivity (Wildman–Crippen MR) is 127 cm³/mol. The minimum absolute atomic E-state index is 0. The van der Waals surface area contributed by atoms with Crippen molar-refractivity contribution < 1.29 is 49.0 Å². The van der Waals surface area contributed by atoms with Crippen LogP contribution in [0.2, 0.25) is 0 Å². The maximum atomic E-state index is 2.29. The van der Waals surface area contributed by atoms with Crippen LogP contribution < -0.4 is 24.8 Å². The van der Waals surface area contributed by atoms with Crippen molar-refractivity contribution in [1.82, 2.24) is 0 Å². The molecule has 4 aromatic carbocycles. The minimum atomic E-state index is 0. The second kappa shape index (κ2) is 11.9. The van der Waals surface area contributed by atoms with Gasteiger partial charge < -0.3 is 24.8 Å². The third-order valence-corrected chi connectivity index (χ3v) is 7.90. The van der Waals surface area contributed by atoms with Crippen LogP contribution in [0.4, 0.5) is 0 Å². The Kier molecular flexibility index (Phi) is 9.54. The summed E-state index contributed by atoms with van der Waals surface area (Å²) in [5.74, 6) is 1.76. The number of hydrogen-bond donors (Lipinski definition) is 0. The molecular weight excluding hydrogens is 510 g/mol. The van der Waals surface area contributed by atoms with Crippen molar-refractivity contribution in [3.63, 3.8) is 0 Å². The molecule has 0 bridgehead atoms. The molecule has 166 valence electrons. The van der Waals surface area contributed by atoms with Crippen LogP contribution in [0.5, 0.6) is 0 Å². The SMILES string of the molecule is [Cl-].[Cl-].[Zr+2]=[C]1CCCC1.c1ccc2c(C3CC3)c[cH-]c2c1.c1ccc2c(C3CC3)c[cH-]c2c1. The van der Waals surface area contributed by atoms with Crippen LogP contribution in [-0.2, 0) is 24.2 Å².